The number of aliphatic hydroxyl groups is 1. The van der Waals surface area contributed by atoms with Crippen LogP contribution < -0.4 is 14.2 Å². The minimum atomic E-state index is -3.50. The van der Waals surface area contributed by atoms with Crippen molar-refractivity contribution >= 4 is 15.7 Å². The molecule has 0 aromatic heterocycles. The molecule has 0 atom stereocenters. The Labute approximate surface area is 92.9 Å². The molecule has 1 heterocycles. The van der Waals surface area contributed by atoms with Gasteiger partial charge in [0.15, 0.2) is 11.5 Å². The Bertz CT molecular complexity index is 485. The van der Waals surface area contributed by atoms with Gasteiger partial charge in [-0.25, -0.2) is 8.42 Å². The summed E-state index contributed by atoms with van der Waals surface area (Å²) < 4.78 is 35.2. The van der Waals surface area contributed by atoms with Crippen molar-refractivity contribution in [2.45, 2.75) is 0 Å². The van der Waals surface area contributed by atoms with Gasteiger partial charge in [0.25, 0.3) is 0 Å². The number of fused-ring (bicyclic) bond motifs is 1. The molecule has 0 unspecified atom stereocenters. The third-order valence-corrected chi connectivity index (χ3v) is 3.27. The van der Waals surface area contributed by atoms with Crippen molar-refractivity contribution < 1.29 is 23.0 Å². The lowest BCUT2D eigenvalue weighted by molar-refractivity contribution is 0.174. The highest BCUT2D eigenvalue weighted by molar-refractivity contribution is 7.92. The number of hydrogen-bond acceptors (Lipinski definition) is 5. The van der Waals surface area contributed by atoms with Crippen LogP contribution in [-0.2, 0) is 10.0 Å². The summed E-state index contributed by atoms with van der Waals surface area (Å²) in [7, 11) is -3.50. The van der Waals surface area contributed by atoms with Gasteiger partial charge in [-0.15, -0.1) is 0 Å². The summed E-state index contributed by atoms with van der Waals surface area (Å²) in [6.07, 6.45) is 0. The molecule has 0 saturated carbocycles. The fourth-order valence-electron chi connectivity index (χ4n) is 1.31. The largest absolute Gasteiger partial charge is 0.454 e. The van der Waals surface area contributed by atoms with Crippen LogP contribution in [0, 0.1) is 0 Å². The molecule has 7 heteroatoms. The van der Waals surface area contributed by atoms with Crippen molar-refractivity contribution in [3.8, 4) is 11.5 Å². The number of rotatable bonds is 4. The van der Waals surface area contributed by atoms with Crippen LogP contribution in [0.4, 0.5) is 5.69 Å². The van der Waals surface area contributed by atoms with Crippen molar-refractivity contribution in [1.82, 2.24) is 0 Å². The fraction of sp³-hybridized carbons (Fsp3) is 0.333. The molecular formula is C9H11NO5S. The second kappa shape index (κ2) is 4.18. The van der Waals surface area contributed by atoms with Crippen LogP contribution in [0.5, 0.6) is 11.5 Å². The summed E-state index contributed by atoms with van der Waals surface area (Å²) in [5, 5.41) is 8.57. The lowest BCUT2D eigenvalue weighted by Crippen LogP contribution is -2.18. The first-order valence-corrected chi connectivity index (χ1v) is 6.27. The lowest BCUT2D eigenvalue weighted by Gasteiger charge is -2.07. The van der Waals surface area contributed by atoms with Crippen molar-refractivity contribution in [3.05, 3.63) is 18.2 Å². The maximum Gasteiger partial charge on any atom is 0.234 e. The van der Waals surface area contributed by atoms with E-state index in [1.807, 2.05) is 0 Å². The summed E-state index contributed by atoms with van der Waals surface area (Å²) >= 11 is 0. The molecule has 0 fully saturated rings. The third-order valence-electron chi connectivity index (χ3n) is 2.01. The van der Waals surface area contributed by atoms with Gasteiger partial charge in [-0.05, 0) is 12.1 Å². The van der Waals surface area contributed by atoms with Gasteiger partial charge in [-0.2, -0.15) is 0 Å². The molecule has 0 radical (unpaired) electrons. The van der Waals surface area contributed by atoms with Gasteiger partial charge in [-0.1, -0.05) is 0 Å². The van der Waals surface area contributed by atoms with Crippen LogP contribution in [-0.4, -0.2) is 32.7 Å². The zero-order chi connectivity index (χ0) is 11.6. The molecule has 0 saturated heterocycles. The van der Waals surface area contributed by atoms with E-state index in [-0.39, 0.29) is 12.5 Å². The highest BCUT2D eigenvalue weighted by Crippen LogP contribution is 2.34. The second-order valence-electron chi connectivity index (χ2n) is 3.21. The highest BCUT2D eigenvalue weighted by Gasteiger charge is 2.15. The van der Waals surface area contributed by atoms with Gasteiger partial charge in [0.2, 0.25) is 16.8 Å². The van der Waals surface area contributed by atoms with Gasteiger partial charge < -0.3 is 14.6 Å². The topological polar surface area (TPSA) is 84.9 Å². The first-order chi connectivity index (χ1) is 7.61. The molecular weight excluding hydrogens is 234 g/mol. The first-order valence-electron chi connectivity index (χ1n) is 4.62. The molecule has 16 heavy (non-hydrogen) atoms. The number of sulfonamides is 1. The van der Waals surface area contributed by atoms with Crippen LogP contribution in [0.25, 0.3) is 0 Å². The standard InChI is InChI=1S/C9H11NO5S/c11-3-4-16(12,13)10-7-1-2-8-9(5-7)15-6-14-8/h1-2,5,10-11H,3-4,6H2. The first kappa shape index (κ1) is 11.0. The zero-order valence-corrected chi connectivity index (χ0v) is 9.16. The Morgan fingerprint density at radius 2 is 2.06 bits per heavy atom. The van der Waals surface area contributed by atoms with E-state index in [0.717, 1.165) is 0 Å². The lowest BCUT2D eigenvalue weighted by atomic mass is 10.3. The van der Waals surface area contributed by atoms with Crippen molar-refractivity contribution in [3.63, 3.8) is 0 Å². The Hall–Kier alpha value is -1.47. The summed E-state index contributed by atoms with van der Waals surface area (Å²) in [5.74, 6) is 0.760. The molecule has 2 rings (SSSR count). The highest BCUT2D eigenvalue weighted by atomic mass is 32.2. The van der Waals surface area contributed by atoms with E-state index in [4.69, 9.17) is 14.6 Å². The van der Waals surface area contributed by atoms with Gasteiger partial charge in [0, 0.05) is 6.07 Å². The monoisotopic (exact) mass is 245 g/mol. The minimum Gasteiger partial charge on any atom is -0.454 e. The van der Waals surface area contributed by atoms with Crippen LogP contribution in [0.2, 0.25) is 0 Å². The molecule has 0 amide bonds. The normalized spacial score (nSPS) is 13.8. The van der Waals surface area contributed by atoms with Gasteiger partial charge >= 0.3 is 0 Å². The number of benzene rings is 1. The van der Waals surface area contributed by atoms with E-state index in [2.05, 4.69) is 4.72 Å². The van der Waals surface area contributed by atoms with Crippen molar-refractivity contribution in [2.24, 2.45) is 0 Å². The van der Waals surface area contributed by atoms with Crippen molar-refractivity contribution in [2.75, 3.05) is 23.9 Å². The average Bonchev–Trinajstić information content (AvgIpc) is 2.63. The van der Waals surface area contributed by atoms with Crippen LogP contribution in [0.1, 0.15) is 0 Å². The van der Waals surface area contributed by atoms with E-state index >= 15 is 0 Å². The zero-order valence-electron chi connectivity index (χ0n) is 8.34. The molecule has 88 valence electrons. The number of hydrogen-bond donors (Lipinski definition) is 2. The molecule has 0 bridgehead atoms. The summed E-state index contributed by atoms with van der Waals surface area (Å²) in [6.45, 7) is -0.276. The van der Waals surface area contributed by atoms with Crippen LogP contribution in [0.15, 0.2) is 18.2 Å². The van der Waals surface area contributed by atoms with E-state index in [0.29, 0.717) is 17.2 Å². The van der Waals surface area contributed by atoms with E-state index < -0.39 is 16.6 Å². The smallest absolute Gasteiger partial charge is 0.234 e. The van der Waals surface area contributed by atoms with Gasteiger partial charge in [-0.3, -0.25) is 4.72 Å². The maximum absolute atomic E-state index is 11.4. The molecule has 1 aromatic carbocycles. The summed E-state index contributed by atoms with van der Waals surface area (Å²) in [4.78, 5) is 0. The van der Waals surface area contributed by atoms with Gasteiger partial charge in [0.1, 0.15) is 0 Å². The maximum atomic E-state index is 11.4. The quantitative estimate of drug-likeness (QED) is 0.788. The number of nitrogens with one attached hydrogen (secondary N) is 1. The molecule has 0 spiro atoms. The Balaban J connectivity index is 2.17. The number of ether oxygens (including phenoxy) is 2. The Morgan fingerprint density at radius 1 is 1.31 bits per heavy atom. The van der Waals surface area contributed by atoms with E-state index in [9.17, 15) is 8.42 Å². The molecule has 1 aromatic rings. The molecule has 1 aliphatic rings. The number of anilines is 1. The fourth-order valence-corrected chi connectivity index (χ4v) is 2.14. The third kappa shape index (κ3) is 2.37. The summed E-state index contributed by atoms with van der Waals surface area (Å²) in [5.41, 5.74) is 0.387. The van der Waals surface area contributed by atoms with E-state index in [1.165, 1.54) is 6.07 Å². The number of aliphatic hydroxyl groups excluding tert-OH is 1. The Kier molecular flexibility index (Phi) is 2.88. The summed E-state index contributed by atoms with van der Waals surface area (Å²) in [6, 6.07) is 4.73. The molecule has 0 aliphatic carbocycles. The predicted molar refractivity (Wildman–Crippen MR) is 57.1 cm³/mol. The van der Waals surface area contributed by atoms with E-state index in [1.54, 1.807) is 12.1 Å². The van der Waals surface area contributed by atoms with Crippen LogP contribution in [0.3, 0.4) is 0 Å². The van der Waals surface area contributed by atoms with Crippen molar-refractivity contribution in [1.29, 1.82) is 0 Å². The second-order valence-corrected chi connectivity index (χ2v) is 5.05. The van der Waals surface area contributed by atoms with Crippen LogP contribution >= 0.6 is 0 Å². The van der Waals surface area contributed by atoms with Gasteiger partial charge in [0.05, 0.1) is 18.0 Å². The molecule has 2 N–H and O–H groups in total. The Morgan fingerprint density at radius 3 is 2.81 bits per heavy atom. The predicted octanol–water partition coefficient (Wildman–Crippen LogP) is 0.149. The SMILES string of the molecule is O=S(=O)(CCO)Nc1ccc2c(c1)OCO2. The molecule has 6 nitrogen and oxygen atoms in total. The average molecular weight is 245 g/mol. The minimum absolute atomic E-state index is 0.141. The molecule has 1 aliphatic heterocycles.